The van der Waals surface area contributed by atoms with Crippen LogP contribution in [0.1, 0.15) is 17.3 Å². The lowest BCUT2D eigenvalue weighted by Crippen LogP contribution is -1.97. The number of aryl methyl sites for hydroxylation is 2. The highest BCUT2D eigenvalue weighted by molar-refractivity contribution is 5.85. The molecule has 5 heteroatoms. The maximum absolute atomic E-state index is 5.81. The smallest absolute Gasteiger partial charge is 0.232 e. The van der Waals surface area contributed by atoms with Crippen molar-refractivity contribution in [1.82, 2.24) is 9.97 Å². The summed E-state index contributed by atoms with van der Waals surface area (Å²) in [6, 6.07) is 7.53. The third-order valence-corrected chi connectivity index (χ3v) is 3.33. The Balaban J connectivity index is 1.86. The molecule has 0 radical (unpaired) electrons. The second kappa shape index (κ2) is 5.44. The average Bonchev–Trinajstić information content (AvgIpc) is 2.83. The highest BCUT2D eigenvalue weighted by Crippen LogP contribution is 2.27. The number of aromatic nitrogens is 2. The van der Waals surface area contributed by atoms with E-state index < -0.39 is 0 Å². The van der Waals surface area contributed by atoms with E-state index in [1.807, 2.05) is 38.1 Å². The highest BCUT2D eigenvalue weighted by atomic mass is 16.5. The molecule has 1 aromatic carbocycles. The number of benzene rings is 1. The number of fused-ring (bicyclic) bond motifs is 1. The summed E-state index contributed by atoms with van der Waals surface area (Å²) in [6.45, 7) is 4.09. The zero-order valence-corrected chi connectivity index (χ0v) is 12.2. The van der Waals surface area contributed by atoms with Gasteiger partial charge in [0.05, 0.1) is 18.3 Å². The molecule has 2 heterocycles. The van der Waals surface area contributed by atoms with Gasteiger partial charge in [-0.15, -0.1) is 0 Å². The normalized spacial score (nSPS) is 10.8. The molecule has 21 heavy (non-hydrogen) atoms. The molecule has 0 aliphatic rings. The number of pyridine rings is 1. The van der Waals surface area contributed by atoms with E-state index in [4.69, 9.17) is 13.9 Å². The SMILES string of the molecule is COc1ccc2c(OCc3nc(C)c(C)o3)ccnc2c1. The minimum absolute atomic E-state index is 0.291. The molecule has 3 rings (SSSR count). The van der Waals surface area contributed by atoms with Gasteiger partial charge in [0.2, 0.25) is 5.89 Å². The minimum atomic E-state index is 0.291. The first kappa shape index (κ1) is 13.4. The molecule has 5 nitrogen and oxygen atoms in total. The van der Waals surface area contributed by atoms with Crippen molar-refractivity contribution in [3.63, 3.8) is 0 Å². The third kappa shape index (κ3) is 2.67. The molecule has 0 aliphatic heterocycles. The van der Waals surface area contributed by atoms with Crippen LogP contribution in [0.5, 0.6) is 11.5 Å². The van der Waals surface area contributed by atoms with Gasteiger partial charge in [-0.2, -0.15) is 0 Å². The Bertz CT molecular complexity index is 761. The lowest BCUT2D eigenvalue weighted by atomic mass is 10.2. The van der Waals surface area contributed by atoms with E-state index in [2.05, 4.69) is 9.97 Å². The fourth-order valence-electron chi connectivity index (χ4n) is 2.09. The molecule has 0 saturated heterocycles. The standard InChI is InChI=1S/C16H16N2O3/c1-10-11(2)21-16(18-10)9-20-15-6-7-17-14-8-12(19-3)4-5-13(14)15/h4-8H,9H2,1-3H3. The minimum Gasteiger partial charge on any atom is -0.497 e. The average molecular weight is 284 g/mol. The molecule has 0 spiro atoms. The Morgan fingerprint density at radius 3 is 2.76 bits per heavy atom. The number of methoxy groups -OCH3 is 1. The molecule has 0 amide bonds. The van der Waals surface area contributed by atoms with Crippen LogP contribution in [0.3, 0.4) is 0 Å². The Kier molecular flexibility index (Phi) is 3.48. The maximum atomic E-state index is 5.81. The van der Waals surface area contributed by atoms with E-state index in [1.54, 1.807) is 13.3 Å². The van der Waals surface area contributed by atoms with Gasteiger partial charge in [0.25, 0.3) is 0 Å². The topological polar surface area (TPSA) is 57.4 Å². The van der Waals surface area contributed by atoms with Gasteiger partial charge in [0, 0.05) is 17.6 Å². The predicted molar refractivity (Wildman–Crippen MR) is 78.6 cm³/mol. The number of hydrogen-bond donors (Lipinski definition) is 0. The van der Waals surface area contributed by atoms with E-state index in [-0.39, 0.29) is 0 Å². The van der Waals surface area contributed by atoms with Crippen LogP contribution >= 0.6 is 0 Å². The largest absolute Gasteiger partial charge is 0.497 e. The van der Waals surface area contributed by atoms with Crippen molar-refractivity contribution in [2.45, 2.75) is 20.5 Å². The Hall–Kier alpha value is -2.56. The van der Waals surface area contributed by atoms with E-state index in [9.17, 15) is 0 Å². The fourth-order valence-corrected chi connectivity index (χ4v) is 2.09. The number of oxazole rings is 1. The molecular formula is C16H16N2O3. The molecule has 0 N–H and O–H groups in total. The van der Waals surface area contributed by atoms with Crippen molar-refractivity contribution in [2.24, 2.45) is 0 Å². The first-order chi connectivity index (χ1) is 10.2. The number of hydrogen-bond acceptors (Lipinski definition) is 5. The molecule has 0 atom stereocenters. The van der Waals surface area contributed by atoms with Crippen LogP contribution in [-0.4, -0.2) is 17.1 Å². The Labute approximate surface area is 122 Å². The van der Waals surface area contributed by atoms with E-state index in [0.29, 0.717) is 12.5 Å². The van der Waals surface area contributed by atoms with Crippen LogP contribution in [-0.2, 0) is 6.61 Å². The molecule has 0 saturated carbocycles. The molecule has 108 valence electrons. The highest BCUT2D eigenvalue weighted by Gasteiger charge is 2.09. The van der Waals surface area contributed by atoms with Crippen molar-refractivity contribution < 1.29 is 13.9 Å². The third-order valence-electron chi connectivity index (χ3n) is 3.33. The van der Waals surface area contributed by atoms with E-state index in [1.165, 1.54) is 0 Å². The number of rotatable bonds is 4. The zero-order chi connectivity index (χ0) is 14.8. The van der Waals surface area contributed by atoms with Gasteiger partial charge in [-0.25, -0.2) is 4.98 Å². The number of nitrogens with zero attached hydrogens (tertiary/aromatic N) is 2. The van der Waals surface area contributed by atoms with Crippen molar-refractivity contribution >= 4 is 10.9 Å². The Morgan fingerprint density at radius 1 is 1.19 bits per heavy atom. The molecule has 2 aromatic heterocycles. The monoisotopic (exact) mass is 284 g/mol. The molecule has 0 fully saturated rings. The molecule has 0 bridgehead atoms. The van der Waals surface area contributed by atoms with Crippen LogP contribution in [0.2, 0.25) is 0 Å². The lowest BCUT2D eigenvalue weighted by Gasteiger charge is -2.08. The predicted octanol–water partition coefficient (Wildman–Crippen LogP) is 3.43. The van der Waals surface area contributed by atoms with Gasteiger partial charge in [-0.3, -0.25) is 4.98 Å². The van der Waals surface area contributed by atoms with Gasteiger partial charge in [-0.05, 0) is 32.0 Å². The summed E-state index contributed by atoms with van der Waals surface area (Å²) in [6.07, 6.45) is 1.71. The van der Waals surface area contributed by atoms with E-state index >= 15 is 0 Å². The van der Waals surface area contributed by atoms with E-state index in [0.717, 1.165) is 33.9 Å². The van der Waals surface area contributed by atoms with Gasteiger partial charge >= 0.3 is 0 Å². The zero-order valence-electron chi connectivity index (χ0n) is 12.2. The first-order valence-corrected chi connectivity index (χ1v) is 6.66. The van der Waals surface area contributed by atoms with Crippen LogP contribution in [0.4, 0.5) is 0 Å². The van der Waals surface area contributed by atoms with Crippen LogP contribution in [0, 0.1) is 13.8 Å². The molecule has 0 aliphatic carbocycles. The first-order valence-electron chi connectivity index (χ1n) is 6.66. The summed E-state index contributed by atoms with van der Waals surface area (Å²) >= 11 is 0. The van der Waals surface area contributed by atoms with Gasteiger partial charge in [0.1, 0.15) is 17.3 Å². The fraction of sp³-hybridized carbons (Fsp3) is 0.250. The van der Waals surface area contributed by atoms with Crippen molar-refractivity contribution in [3.05, 3.63) is 47.8 Å². The van der Waals surface area contributed by atoms with Crippen molar-refractivity contribution in [1.29, 1.82) is 0 Å². The van der Waals surface area contributed by atoms with Gasteiger partial charge in [-0.1, -0.05) is 0 Å². The summed E-state index contributed by atoms with van der Waals surface area (Å²) < 4.78 is 16.5. The summed E-state index contributed by atoms with van der Waals surface area (Å²) in [5.41, 5.74) is 1.71. The summed E-state index contributed by atoms with van der Waals surface area (Å²) in [5, 5.41) is 0.929. The van der Waals surface area contributed by atoms with Crippen LogP contribution in [0.25, 0.3) is 10.9 Å². The van der Waals surface area contributed by atoms with Gasteiger partial charge < -0.3 is 13.9 Å². The molecule has 3 aromatic rings. The van der Waals surface area contributed by atoms with Crippen molar-refractivity contribution in [3.8, 4) is 11.5 Å². The summed E-state index contributed by atoms with van der Waals surface area (Å²) in [4.78, 5) is 8.63. The molecular weight excluding hydrogens is 268 g/mol. The maximum Gasteiger partial charge on any atom is 0.232 e. The van der Waals surface area contributed by atoms with Crippen molar-refractivity contribution in [2.75, 3.05) is 7.11 Å². The second-order valence-electron chi connectivity index (χ2n) is 4.73. The lowest BCUT2D eigenvalue weighted by molar-refractivity contribution is 0.263. The quantitative estimate of drug-likeness (QED) is 0.734. The second-order valence-corrected chi connectivity index (χ2v) is 4.73. The van der Waals surface area contributed by atoms with Gasteiger partial charge in [0.15, 0.2) is 6.61 Å². The summed E-state index contributed by atoms with van der Waals surface area (Å²) in [5.74, 6) is 2.91. The Morgan fingerprint density at radius 2 is 2.05 bits per heavy atom. The molecule has 0 unspecified atom stereocenters. The van der Waals surface area contributed by atoms with Crippen LogP contribution < -0.4 is 9.47 Å². The summed E-state index contributed by atoms with van der Waals surface area (Å²) in [7, 11) is 1.63. The van der Waals surface area contributed by atoms with Crippen LogP contribution in [0.15, 0.2) is 34.9 Å². The number of ether oxygens (including phenoxy) is 2.